The molecule has 3 nitrogen and oxygen atoms in total. The van der Waals surface area contributed by atoms with Gasteiger partial charge in [-0.15, -0.1) is 0 Å². The van der Waals surface area contributed by atoms with E-state index >= 15 is 0 Å². The van der Waals surface area contributed by atoms with Gasteiger partial charge in [0.1, 0.15) is 5.75 Å². The van der Waals surface area contributed by atoms with Crippen LogP contribution in [0.4, 0.5) is 5.69 Å². The minimum absolute atomic E-state index is 0.229. The Hall–Kier alpha value is -2.00. The molecule has 0 radical (unpaired) electrons. The summed E-state index contributed by atoms with van der Waals surface area (Å²) in [5.41, 5.74) is 2.63. The Morgan fingerprint density at radius 2 is 1.86 bits per heavy atom. The number of ether oxygens (including phenoxy) is 1. The summed E-state index contributed by atoms with van der Waals surface area (Å²) in [6, 6.07) is 13.0. The second kappa shape index (κ2) is 6.64. The van der Waals surface area contributed by atoms with E-state index < -0.39 is 6.10 Å². The van der Waals surface area contributed by atoms with Gasteiger partial charge in [0.15, 0.2) is 6.10 Å². The van der Waals surface area contributed by atoms with E-state index in [-0.39, 0.29) is 5.91 Å². The van der Waals surface area contributed by atoms with Gasteiger partial charge in [0.05, 0.1) is 10.7 Å². The van der Waals surface area contributed by atoms with Gasteiger partial charge in [-0.05, 0) is 50.1 Å². The number of hydrogen-bond acceptors (Lipinski definition) is 2. The van der Waals surface area contributed by atoms with Crippen molar-refractivity contribution in [3.05, 3.63) is 58.6 Å². The van der Waals surface area contributed by atoms with E-state index in [9.17, 15) is 4.79 Å². The van der Waals surface area contributed by atoms with E-state index in [1.165, 1.54) is 0 Å². The Kier molecular flexibility index (Phi) is 4.86. The van der Waals surface area contributed by atoms with Gasteiger partial charge in [0.25, 0.3) is 5.91 Å². The first-order valence-corrected chi connectivity index (χ1v) is 7.14. The molecule has 4 heteroatoms. The van der Waals surface area contributed by atoms with Crippen molar-refractivity contribution in [2.24, 2.45) is 0 Å². The van der Waals surface area contributed by atoms with E-state index in [0.717, 1.165) is 11.1 Å². The summed E-state index contributed by atoms with van der Waals surface area (Å²) in [4.78, 5) is 12.2. The van der Waals surface area contributed by atoms with Crippen LogP contribution in [0.3, 0.4) is 0 Å². The van der Waals surface area contributed by atoms with E-state index in [2.05, 4.69) is 5.32 Å². The average Bonchev–Trinajstić information content (AvgIpc) is 2.43. The summed E-state index contributed by atoms with van der Waals surface area (Å²) in [6.45, 7) is 5.59. The van der Waals surface area contributed by atoms with Crippen molar-refractivity contribution in [3.63, 3.8) is 0 Å². The Balaban J connectivity index is 2.08. The molecular weight excluding hydrogens is 286 g/mol. The molecule has 1 unspecified atom stereocenters. The third-order valence-electron chi connectivity index (χ3n) is 3.11. The van der Waals surface area contributed by atoms with Gasteiger partial charge >= 0.3 is 0 Å². The number of anilines is 1. The topological polar surface area (TPSA) is 38.3 Å². The number of amides is 1. The molecule has 0 aliphatic rings. The molecule has 0 spiro atoms. The number of aryl methyl sites for hydroxylation is 2. The third-order valence-corrected chi connectivity index (χ3v) is 3.40. The number of halogens is 1. The van der Waals surface area contributed by atoms with E-state index in [1.807, 2.05) is 56.3 Å². The average molecular weight is 304 g/mol. The lowest BCUT2D eigenvalue weighted by Crippen LogP contribution is -2.30. The van der Waals surface area contributed by atoms with Crippen LogP contribution in [0.5, 0.6) is 5.75 Å². The molecule has 0 bridgehead atoms. The monoisotopic (exact) mass is 303 g/mol. The fourth-order valence-corrected chi connectivity index (χ4v) is 2.42. The highest BCUT2D eigenvalue weighted by molar-refractivity contribution is 6.34. The molecule has 0 fully saturated rings. The van der Waals surface area contributed by atoms with Crippen LogP contribution in [0.25, 0.3) is 0 Å². The van der Waals surface area contributed by atoms with Crippen LogP contribution in [0.15, 0.2) is 42.5 Å². The highest BCUT2D eigenvalue weighted by Gasteiger charge is 2.17. The van der Waals surface area contributed by atoms with Crippen LogP contribution < -0.4 is 10.1 Å². The maximum atomic E-state index is 12.2. The molecule has 0 aromatic heterocycles. The van der Waals surface area contributed by atoms with Crippen molar-refractivity contribution in [1.82, 2.24) is 0 Å². The Morgan fingerprint density at radius 3 is 2.48 bits per heavy atom. The van der Waals surface area contributed by atoms with Gasteiger partial charge in [0.2, 0.25) is 0 Å². The molecule has 2 aromatic rings. The largest absolute Gasteiger partial charge is 0.481 e. The molecule has 0 saturated heterocycles. The molecule has 2 rings (SSSR count). The number of nitrogens with one attached hydrogen (secondary N) is 1. The summed E-state index contributed by atoms with van der Waals surface area (Å²) < 4.78 is 5.60. The lowest BCUT2D eigenvalue weighted by Gasteiger charge is -2.17. The number of rotatable bonds is 4. The van der Waals surface area contributed by atoms with Crippen LogP contribution in [0.2, 0.25) is 5.02 Å². The highest BCUT2D eigenvalue weighted by atomic mass is 35.5. The Bertz CT molecular complexity index is 617. The highest BCUT2D eigenvalue weighted by Crippen LogP contribution is 2.27. The summed E-state index contributed by atoms with van der Waals surface area (Å²) in [7, 11) is 0. The first-order valence-electron chi connectivity index (χ1n) is 6.76. The predicted octanol–water partition coefficient (Wildman–Crippen LogP) is 4.36. The van der Waals surface area contributed by atoms with Gasteiger partial charge in [0, 0.05) is 0 Å². The third kappa shape index (κ3) is 3.99. The molecule has 0 aliphatic heterocycles. The number of carbonyl (C=O) groups is 1. The van der Waals surface area contributed by atoms with Gasteiger partial charge in [-0.25, -0.2) is 0 Å². The van der Waals surface area contributed by atoms with Crippen LogP contribution in [0, 0.1) is 13.8 Å². The SMILES string of the molecule is Cc1cc(C)c(NC(=O)C(C)Oc2ccccc2)c(Cl)c1. The zero-order valence-electron chi connectivity index (χ0n) is 12.3. The standard InChI is InChI=1S/C17H18ClNO2/c1-11-9-12(2)16(15(18)10-11)19-17(20)13(3)21-14-7-5-4-6-8-14/h4-10,13H,1-3H3,(H,19,20). The first-order chi connectivity index (χ1) is 9.97. The normalized spacial score (nSPS) is 11.8. The van der Waals surface area contributed by atoms with E-state index in [0.29, 0.717) is 16.5 Å². The van der Waals surface area contributed by atoms with Crippen LogP contribution >= 0.6 is 11.6 Å². The van der Waals surface area contributed by atoms with Crippen molar-refractivity contribution in [3.8, 4) is 5.75 Å². The van der Waals surface area contributed by atoms with E-state index in [4.69, 9.17) is 16.3 Å². The molecule has 1 atom stereocenters. The van der Waals surface area contributed by atoms with Crippen molar-refractivity contribution in [2.75, 3.05) is 5.32 Å². The number of para-hydroxylation sites is 1. The van der Waals surface area contributed by atoms with Gasteiger partial charge in [-0.2, -0.15) is 0 Å². The van der Waals surface area contributed by atoms with Gasteiger partial charge in [-0.1, -0.05) is 35.9 Å². The number of hydrogen-bond donors (Lipinski definition) is 1. The maximum Gasteiger partial charge on any atom is 0.265 e. The number of benzene rings is 2. The Morgan fingerprint density at radius 1 is 1.19 bits per heavy atom. The fraction of sp³-hybridized carbons (Fsp3) is 0.235. The zero-order chi connectivity index (χ0) is 15.4. The lowest BCUT2D eigenvalue weighted by molar-refractivity contribution is -0.122. The number of carbonyl (C=O) groups excluding carboxylic acids is 1. The second-order valence-electron chi connectivity index (χ2n) is 5.00. The molecule has 21 heavy (non-hydrogen) atoms. The maximum absolute atomic E-state index is 12.2. The molecular formula is C17H18ClNO2. The second-order valence-corrected chi connectivity index (χ2v) is 5.41. The minimum atomic E-state index is -0.607. The van der Waals surface area contributed by atoms with Crippen molar-refractivity contribution in [2.45, 2.75) is 26.9 Å². The quantitative estimate of drug-likeness (QED) is 0.911. The fourth-order valence-electron chi connectivity index (χ4n) is 2.06. The molecule has 0 aliphatic carbocycles. The van der Waals surface area contributed by atoms with Crippen molar-refractivity contribution >= 4 is 23.2 Å². The summed E-state index contributed by atoms with van der Waals surface area (Å²) in [5, 5.41) is 3.36. The van der Waals surface area contributed by atoms with Crippen molar-refractivity contribution < 1.29 is 9.53 Å². The van der Waals surface area contributed by atoms with E-state index in [1.54, 1.807) is 6.92 Å². The predicted molar refractivity (Wildman–Crippen MR) is 86.1 cm³/mol. The molecule has 1 N–H and O–H groups in total. The van der Waals surface area contributed by atoms with Crippen LogP contribution in [0.1, 0.15) is 18.1 Å². The smallest absolute Gasteiger partial charge is 0.265 e. The molecule has 2 aromatic carbocycles. The van der Waals surface area contributed by atoms with Gasteiger partial charge in [-0.3, -0.25) is 4.79 Å². The summed E-state index contributed by atoms with van der Waals surface area (Å²) >= 11 is 6.19. The Labute approximate surface area is 129 Å². The lowest BCUT2D eigenvalue weighted by atomic mass is 10.1. The van der Waals surface area contributed by atoms with Crippen LogP contribution in [-0.4, -0.2) is 12.0 Å². The first kappa shape index (κ1) is 15.4. The molecule has 110 valence electrons. The molecule has 0 saturated carbocycles. The minimum Gasteiger partial charge on any atom is -0.481 e. The summed E-state index contributed by atoms with van der Waals surface area (Å²) in [6.07, 6.45) is -0.607. The zero-order valence-corrected chi connectivity index (χ0v) is 13.1. The van der Waals surface area contributed by atoms with Crippen LogP contribution in [-0.2, 0) is 4.79 Å². The van der Waals surface area contributed by atoms with Crippen molar-refractivity contribution in [1.29, 1.82) is 0 Å². The van der Waals surface area contributed by atoms with Gasteiger partial charge < -0.3 is 10.1 Å². The molecule has 0 heterocycles. The summed E-state index contributed by atoms with van der Waals surface area (Å²) in [5.74, 6) is 0.430. The molecule has 1 amide bonds.